The van der Waals surface area contributed by atoms with Crippen molar-refractivity contribution in [2.45, 2.75) is 13.8 Å². The Hall–Kier alpha value is -2.14. The van der Waals surface area contributed by atoms with Gasteiger partial charge in [0.15, 0.2) is 0 Å². The predicted molar refractivity (Wildman–Crippen MR) is 97.8 cm³/mol. The molecule has 0 bridgehead atoms. The minimum atomic E-state index is 0.871. The molecule has 23 heavy (non-hydrogen) atoms. The van der Waals surface area contributed by atoms with Crippen molar-refractivity contribution in [3.63, 3.8) is 0 Å². The number of anilines is 2. The standard InChI is InChI=1S/C18H20N4S/c1-13-12-14(2)20-18(19-13)22-9-7-21(8-10-22)16-4-3-5-17-15(16)6-11-23-17/h3-6,11-12H,7-10H2,1-2H3. The van der Waals surface area contributed by atoms with Crippen LogP contribution in [0.15, 0.2) is 35.7 Å². The predicted octanol–water partition coefficient (Wildman–Crippen LogP) is 3.63. The zero-order chi connectivity index (χ0) is 15.8. The van der Waals surface area contributed by atoms with Gasteiger partial charge in [-0.1, -0.05) is 6.07 Å². The average molecular weight is 324 g/mol. The molecular weight excluding hydrogens is 304 g/mol. The molecule has 0 aliphatic carbocycles. The fourth-order valence-electron chi connectivity index (χ4n) is 3.25. The van der Waals surface area contributed by atoms with Gasteiger partial charge in [0, 0.05) is 53.3 Å². The van der Waals surface area contributed by atoms with Crippen LogP contribution in [0, 0.1) is 13.8 Å². The minimum Gasteiger partial charge on any atom is -0.367 e. The normalized spacial score (nSPS) is 15.4. The van der Waals surface area contributed by atoms with Gasteiger partial charge in [-0.05, 0) is 43.5 Å². The third-order valence-electron chi connectivity index (χ3n) is 4.35. The maximum atomic E-state index is 4.60. The third kappa shape index (κ3) is 2.77. The summed E-state index contributed by atoms with van der Waals surface area (Å²) in [6.45, 7) is 8.00. The highest BCUT2D eigenvalue weighted by Gasteiger charge is 2.20. The fourth-order valence-corrected chi connectivity index (χ4v) is 4.06. The van der Waals surface area contributed by atoms with Gasteiger partial charge in [0.1, 0.15) is 0 Å². The van der Waals surface area contributed by atoms with Crippen LogP contribution in [0.25, 0.3) is 10.1 Å². The van der Waals surface area contributed by atoms with Gasteiger partial charge in [-0.25, -0.2) is 9.97 Å². The van der Waals surface area contributed by atoms with E-state index in [0.29, 0.717) is 0 Å². The Morgan fingerprint density at radius 3 is 2.35 bits per heavy atom. The van der Waals surface area contributed by atoms with E-state index in [-0.39, 0.29) is 0 Å². The Bertz CT molecular complexity index is 814. The maximum Gasteiger partial charge on any atom is 0.225 e. The molecule has 0 amide bonds. The van der Waals surface area contributed by atoms with E-state index in [9.17, 15) is 0 Å². The van der Waals surface area contributed by atoms with Gasteiger partial charge in [-0.15, -0.1) is 11.3 Å². The monoisotopic (exact) mass is 324 g/mol. The molecule has 1 fully saturated rings. The van der Waals surface area contributed by atoms with Crippen LogP contribution in [0.4, 0.5) is 11.6 Å². The number of hydrogen-bond donors (Lipinski definition) is 0. The number of rotatable bonds is 2. The van der Waals surface area contributed by atoms with Gasteiger partial charge in [0.25, 0.3) is 0 Å². The maximum absolute atomic E-state index is 4.60. The number of benzene rings is 1. The van der Waals surface area contributed by atoms with Crippen LogP contribution in [0.1, 0.15) is 11.4 Å². The van der Waals surface area contributed by atoms with E-state index in [2.05, 4.69) is 49.4 Å². The zero-order valence-corrected chi connectivity index (χ0v) is 14.3. The molecule has 4 rings (SSSR count). The molecule has 4 nitrogen and oxygen atoms in total. The van der Waals surface area contributed by atoms with Crippen molar-refractivity contribution < 1.29 is 0 Å². The summed E-state index contributed by atoms with van der Waals surface area (Å²) >= 11 is 1.81. The molecule has 1 aliphatic rings. The molecule has 3 aromatic rings. The van der Waals surface area contributed by atoms with Crippen molar-refractivity contribution in [3.05, 3.63) is 47.1 Å². The van der Waals surface area contributed by atoms with Crippen LogP contribution >= 0.6 is 11.3 Å². The smallest absolute Gasteiger partial charge is 0.225 e. The lowest BCUT2D eigenvalue weighted by Gasteiger charge is -2.36. The van der Waals surface area contributed by atoms with Crippen molar-refractivity contribution in [1.29, 1.82) is 0 Å². The minimum absolute atomic E-state index is 0.871. The molecule has 2 aromatic heterocycles. The first-order chi connectivity index (χ1) is 11.2. The summed E-state index contributed by atoms with van der Waals surface area (Å²) in [4.78, 5) is 14.0. The Morgan fingerprint density at radius 1 is 0.913 bits per heavy atom. The Kier molecular flexibility index (Phi) is 3.65. The summed E-state index contributed by atoms with van der Waals surface area (Å²) in [5.74, 6) is 0.871. The Morgan fingerprint density at radius 2 is 1.61 bits per heavy atom. The molecule has 3 heterocycles. The molecule has 1 aromatic carbocycles. The fraction of sp³-hybridized carbons (Fsp3) is 0.333. The summed E-state index contributed by atoms with van der Waals surface area (Å²) in [6, 6.07) is 10.8. The summed E-state index contributed by atoms with van der Waals surface area (Å²) in [5.41, 5.74) is 3.43. The Balaban J connectivity index is 1.54. The van der Waals surface area contributed by atoms with E-state index in [1.165, 1.54) is 15.8 Å². The van der Waals surface area contributed by atoms with Crippen molar-refractivity contribution >= 4 is 33.1 Å². The van der Waals surface area contributed by atoms with Crippen LogP contribution in [-0.4, -0.2) is 36.1 Å². The second-order valence-electron chi connectivity index (χ2n) is 6.03. The highest BCUT2D eigenvalue weighted by Crippen LogP contribution is 2.31. The number of hydrogen-bond acceptors (Lipinski definition) is 5. The van der Waals surface area contributed by atoms with Gasteiger partial charge in [-0.3, -0.25) is 0 Å². The SMILES string of the molecule is Cc1cc(C)nc(N2CCN(c3cccc4sccc34)CC2)n1. The van der Waals surface area contributed by atoms with E-state index >= 15 is 0 Å². The third-order valence-corrected chi connectivity index (χ3v) is 5.23. The van der Waals surface area contributed by atoms with Crippen molar-refractivity contribution in [2.24, 2.45) is 0 Å². The number of nitrogens with zero attached hydrogens (tertiary/aromatic N) is 4. The van der Waals surface area contributed by atoms with E-state index in [4.69, 9.17) is 0 Å². The first kappa shape index (κ1) is 14.5. The lowest BCUT2D eigenvalue weighted by Crippen LogP contribution is -2.47. The largest absolute Gasteiger partial charge is 0.367 e. The number of aromatic nitrogens is 2. The summed E-state index contributed by atoms with van der Waals surface area (Å²) in [6.07, 6.45) is 0. The van der Waals surface area contributed by atoms with E-state index in [1.807, 2.05) is 31.3 Å². The first-order valence-corrected chi connectivity index (χ1v) is 8.87. The van der Waals surface area contributed by atoms with Crippen molar-refractivity contribution in [3.8, 4) is 0 Å². The highest BCUT2D eigenvalue weighted by molar-refractivity contribution is 7.17. The Labute approximate surface area is 140 Å². The molecule has 0 unspecified atom stereocenters. The van der Waals surface area contributed by atoms with Gasteiger partial charge < -0.3 is 9.80 Å². The van der Waals surface area contributed by atoms with Crippen LogP contribution in [0.3, 0.4) is 0 Å². The molecule has 0 spiro atoms. The molecule has 0 N–H and O–H groups in total. The van der Waals surface area contributed by atoms with Crippen LogP contribution in [0.5, 0.6) is 0 Å². The van der Waals surface area contributed by atoms with E-state index in [0.717, 1.165) is 43.5 Å². The second-order valence-corrected chi connectivity index (χ2v) is 6.98. The van der Waals surface area contributed by atoms with E-state index < -0.39 is 0 Å². The molecule has 5 heteroatoms. The van der Waals surface area contributed by atoms with Crippen LogP contribution in [0.2, 0.25) is 0 Å². The molecule has 1 aliphatic heterocycles. The van der Waals surface area contributed by atoms with E-state index in [1.54, 1.807) is 0 Å². The van der Waals surface area contributed by atoms with Gasteiger partial charge >= 0.3 is 0 Å². The lowest BCUT2D eigenvalue weighted by molar-refractivity contribution is 0.639. The number of fused-ring (bicyclic) bond motifs is 1. The van der Waals surface area contributed by atoms with Gasteiger partial charge in [0.05, 0.1) is 0 Å². The van der Waals surface area contributed by atoms with Crippen LogP contribution in [-0.2, 0) is 0 Å². The highest BCUT2D eigenvalue weighted by atomic mass is 32.1. The lowest BCUT2D eigenvalue weighted by atomic mass is 10.2. The van der Waals surface area contributed by atoms with Crippen molar-refractivity contribution in [2.75, 3.05) is 36.0 Å². The van der Waals surface area contributed by atoms with Gasteiger partial charge in [0.2, 0.25) is 5.95 Å². The number of piperazine rings is 1. The first-order valence-electron chi connectivity index (χ1n) is 7.99. The number of thiophene rings is 1. The average Bonchev–Trinajstić information content (AvgIpc) is 3.02. The van der Waals surface area contributed by atoms with Crippen LogP contribution < -0.4 is 9.80 Å². The molecule has 0 saturated carbocycles. The summed E-state index contributed by atoms with van der Waals surface area (Å²) in [5, 5.41) is 3.54. The van der Waals surface area contributed by atoms with Gasteiger partial charge in [-0.2, -0.15) is 0 Å². The molecule has 0 atom stereocenters. The summed E-state index contributed by atoms with van der Waals surface area (Å²) in [7, 11) is 0. The molecule has 1 saturated heterocycles. The zero-order valence-electron chi connectivity index (χ0n) is 13.5. The second kappa shape index (κ2) is 5.81. The number of aryl methyl sites for hydroxylation is 2. The topological polar surface area (TPSA) is 32.3 Å². The molecule has 118 valence electrons. The van der Waals surface area contributed by atoms with Crippen molar-refractivity contribution in [1.82, 2.24) is 9.97 Å². The summed E-state index contributed by atoms with van der Waals surface area (Å²) < 4.78 is 1.36. The molecular formula is C18H20N4S. The molecule has 0 radical (unpaired) electrons. The quantitative estimate of drug-likeness (QED) is 0.720.